The second-order valence-corrected chi connectivity index (χ2v) is 8.32. The van der Waals surface area contributed by atoms with Crippen LogP contribution in [0.4, 0.5) is 36.4 Å². The molecule has 3 rings (SSSR count). The van der Waals surface area contributed by atoms with Crippen molar-refractivity contribution in [2.24, 2.45) is 5.10 Å². The number of halogens is 10. The Kier molecular flexibility index (Phi) is 7.99. The molecule has 0 heterocycles. The average Bonchev–Trinajstić information content (AvgIpc) is 2.75. The highest BCUT2D eigenvalue weighted by molar-refractivity contribution is 9.10. The maximum Gasteiger partial charge on any atom is 0.422 e. The maximum absolute atomic E-state index is 14.0. The van der Waals surface area contributed by atoms with E-state index < -0.39 is 40.7 Å². The first-order valence-corrected chi connectivity index (χ1v) is 10.5. The normalized spacial score (nSPS) is 11.8. The van der Waals surface area contributed by atoms with Gasteiger partial charge >= 0.3 is 6.18 Å². The molecule has 0 bridgehead atoms. The Morgan fingerprint density at radius 1 is 0.912 bits per heavy atom. The number of nitrogens with zero attached hydrogens (tertiary/aromatic N) is 1. The molecule has 0 saturated heterocycles. The molecule has 0 radical (unpaired) electrons. The number of anilines is 1. The highest BCUT2D eigenvalue weighted by atomic mass is 79.9. The molecule has 3 nitrogen and oxygen atoms in total. The molecule has 0 atom stereocenters. The molecular weight excluding hydrogens is 580 g/mol. The lowest BCUT2D eigenvalue weighted by Gasteiger charge is -2.13. The van der Waals surface area contributed by atoms with Crippen molar-refractivity contribution in [1.29, 1.82) is 0 Å². The van der Waals surface area contributed by atoms with Crippen LogP contribution in [0.25, 0.3) is 0 Å². The Morgan fingerprint density at radius 2 is 1.56 bits per heavy atom. The number of ether oxygens (including phenoxy) is 1. The fourth-order valence-corrected chi connectivity index (χ4v) is 3.39. The summed E-state index contributed by atoms with van der Waals surface area (Å²) in [6.45, 7) is 0.0470. The zero-order chi connectivity index (χ0) is 25.2. The summed E-state index contributed by atoms with van der Waals surface area (Å²) in [6, 6.07) is 9.47. The summed E-state index contributed by atoms with van der Waals surface area (Å²) < 4.78 is 99.8. The SMILES string of the molecule is Fc1c(F)c(C(F)(F)F)c(F)c(F)c1N/N=C\c1cc(Br)ccc1OCc1ccc(Cl)c(Cl)c1. The van der Waals surface area contributed by atoms with Crippen molar-refractivity contribution in [1.82, 2.24) is 0 Å². The lowest BCUT2D eigenvalue weighted by molar-refractivity contribution is -0.143. The van der Waals surface area contributed by atoms with E-state index in [9.17, 15) is 30.7 Å². The third kappa shape index (κ3) is 5.76. The van der Waals surface area contributed by atoms with Crippen molar-refractivity contribution >= 4 is 51.0 Å². The third-order valence-corrected chi connectivity index (χ3v) is 5.51. The van der Waals surface area contributed by atoms with Crippen LogP contribution in [0.1, 0.15) is 16.7 Å². The van der Waals surface area contributed by atoms with Gasteiger partial charge in [-0.3, -0.25) is 5.43 Å². The van der Waals surface area contributed by atoms with Crippen molar-refractivity contribution in [3.8, 4) is 5.75 Å². The molecule has 0 aromatic heterocycles. The van der Waals surface area contributed by atoms with Crippen LogP contribution in [0.15, 0.2) is 46.0 Å². The first kappa shape index (κ1) is 26.1. The number of hydrazone groups is 1. The second kappa shape index (κ2) is 10.4. The molecule has 0 aliphatic carbocycles. The van der Waals surface area contributed by atoms with Gasteiger partial charge in [0.1, 0.15) is 23.6 Å². The molecule has 13 heteroatoms. The zero-order valence-corrected chi connectivity index (χ0v) is 19.5. The highest BCUT2D eigenvalue weighted by Crippen LogP contribution is 2.38. The van der Waals surface area contributed by atoms with Gasteiger partial charge in [-0.2, -0.15) is 18.3 Å². The summed E-state index contributed by atoms with van der Waals surface area (Å²) in [5.74, 6) is -9.53. The molecule has 180 valence electrons. The molecule has 0 aliphatic rings. The minimum Gasteiger partial charge on any atom is -0.488 e. The number of rotatable bonds is 6. The molecule has 0 unspecified atom stereocenters. The Morgan fingerprint density at radius 3 is 2.15 bits per heavy atom. The van der Waals surface area contributed by atoms with Gasteiger partial charge in [-0.25, -0.2) is 17.6 Å². The van der Waals surface area contributed by atoms with Crippen LogP contribution in [0, 0.1) is 23.3 Å². The van der Waals surface area contributed by atoms with Crippen molar-refractivity contribution in [2.45, 2.75) is 12.8 Å². The van der Waals surface area contributed by atoms with Crippen molar-refractivity contribution < 1.29 is 35.5 Å². The van der Waals surface area contributed by atoms with Gasteiger partial charge in [0.2, 0.25) is 0 Å². The van der Waals surface area contributed by atoms with Crippen molar-refractivity contribution in [3.05, 3.63) is 90.9 Å². The predicted molar refractivity (Wildman–Crippen MR) is 117 cm³/mol. The van der Waals surface area contributed by atoms with Crippen LogP contribution < -0.4 is 10.2 Å². The molecule has 0 saturated carbocycles. The van der Waals surface area contributed by atoms with E-state index in [4.69, 9.17) is 27.9 Å². The quantitative estimate of drug-likeness (QED) is 0.136. The van der Waals surface area contributed by atoms with Gasteiger partial charge in [-0.05, 0) is 35.9 Å². The molecule has 34 heavy (non-hydrogen) atoms. The smallest absolute Gasteiger partial charge is 0.422 e. The van der Waals surface area contributed by atoms with Crippen LogP contribution in [0.5, 0.6) is 5.75 Å². The minimum atomic E-state index is -5.64. The molecule has 0 fully saturated rings. The van der Waals surface area contributed by atoms with Gasteiger partial charge in [-0.15, -0.1) is 0 Å². The second-order valence-electron chi connectivity index (χ2n) is 6.59. The van der Waals surface area contributed by atoms with Gasteiger partial charge < -0.3 is 4.74 Å². The van der Waals surface area contributed by atoms with E-state index >= 15 is 0 Å². The molecule has 3 aromatic rings. The highest BCUT2D eigenvalue weighted by Gasteiger charge is 2.42. The van der Waals surface area contributed by atoms with E-state index in [1.54, 1.807) is 29.7 Å². The first-order chi connectivity index (χ1) is 15.9. The van der Waals surface area contributed by atoms with Crippen LogP contribution in [0.3, 0.4) is 0 Å². The Bertz CT molecular complexity index is 1240. The van der Waals surface area contributed by atoms with Gasteiger partial charge in [-0.1, -0.05) is 45.2 Å². The summed E-state index contributed by atoms with van der Waals surface area (Å²) in [4.78, 5) is 0. The maximum atomic E-state index is 14.0. The van der Waals surface area contributed by atoms with Crippen molar-refractivity contribution in [3.63, 3.8) is 0 Å². The topological polar surface area (TPSA) is 33.6 Å². The van der Waals surface area contributed by atoms with E-state index in [0.717, 1.165) is 6.21 Å². The van der Waals surface area contributed by atoms with Crippen LogP contribution in [-0.2, 0) is 12.8 Å². The lowest BCUT2D eigenvalue weighted by atomic mass is 10.1. The lowest BCUT2D eigenvalue weighted by Crippen LogP contribution is -2.16. The van der Waals surface area contributed by atoms with Crippen LogP contribution in [0.2, 0.25) is 10.0 Å². The molecule has 3 aromatic carbocycles. The van der Waals surface area contributed by atoms with E-state index in [1.807, 2.05) is 0 Å². The first-order valence-electron chi connectivity index (χ1n) is 8.98. The van der Waals surface area contributed by atoms with Crippen molar-refractivity contribution in [2.75, 3.05) is 5.43 Å². The minimum absolute atomic E-state index is 0.0470. The molecule has 0 spiro atoms. The third-order valence-electron chi connectivity index (χ3n) is 4.28. The largest absolute Gasteiger partial charge is 0.488 e. The summed E-state index contributed by atoms with van der Waals surface area (Å²) in [7, 11) is 0. The number of hydrogen-bond donors (Lipinski definition) is 1. The fraction of sp³-hybridized carbons (Fsp3) is 0.0952. The monoisotopic (exact) mass is 588 g/mol. The predicted octanol–water partition coefficient (Wildman–Crippen LogP) is 8.36. The Hall–Kier alpha value is -2.50. The number of hydrogen-bond acceptors (Lipinski definition) is 3. The van der Waals surface area contributed by atoms with E-state index in [0.29, 0.717) is 20.1 Å². The van der Waals surface area contributed by atoms with Gasteiger partial charge in [0.25, 0.3) is 0 Å². The molecule has 1 N–H and O–H groups in total. The Balaban J connectivity index is 1.85. The average molecular weight is 590 g/mol. The summed E-state index contributed by atoms with van der Waals surface area (Å²) in [6.07, 6.45) is -4.66. The van der Waals surface area contributed by atoms with E-state index in [-0.39, 0.29) is 17.9 Å². The Labute approximate surface area is 206 Å². The van der Waals surface area contributed by atoms with E-state index in [1.165, 1.54) is 12.1 Å². The summed E-state index contributed by atoms with van der Waals surface area (Å²) in [5.41, 5.74) is -1.61. The molecule has 0 amide bonds. The molecule has 0 aliphatic heterocycles. The fourth-order valence-electron chi connectivity index (χ4n) is 2.69. The molecular formula is C21H10BrCl2F7N2O. The van der Waals surface area contributed by atoms with Crippen LogP contribution in [-0.4, -0.2) is 6.21 Å². The number of nitrogens with one attached hydrogen (secondary N) is 1. The number of alkyl halides is 3. The van der Waals surface area contributed by atoms with Gasteiger partial charge in [0.15, 0.2) is 23.3 Å². The summed E-state index contributed by atoms with van der Waals surface area (Å²) in [5, 5.41) is 4.14. The van der Waals surface area contributed by atoms with Gasteiger partial charge in [0.05, 0.1) is 16.3 Å². The zero-order valence-electron chi connectivity index (χ0n) is 16.4. The van der Waals surface area contributed by atoms with E-state index in [2.05, 4.69) is 21.0 Å². The number of benzene rings is 3. The van der Waals surface area contributed by atoms with Gasteiger partial charge in [0, 0.05) is 10.0 Å². The standard InChI is InChI=1S/C21H10BrCl2F7N2O/c22-11-2-4-14(34-8-9-1-3-12(23)13(24)5-9)10(6-11)7-32-33-20-18(27)16(25)15(21(29,30)31)17(26)19(20)28/h1-7,33H,8H2/b32-7-. The summed E-state index contributed by atoms with van der Waals surface area (Å²) >= 11 is 15.0. The van der Waals surface area contributed by atoms with Crippen LogP contribution >= 0.6 is 39.1 Å².